The van der Waals surface area contributed by atoms with Gasteiger partial charge in [-0.15, -0.1) is 11.8 Å². The fraction of sp³-hybridized carbons (Fsp3) is 0.444. The van der Waals surface area contributed by atoms with Crippen LogP contribution in [-0.4, -0.2) is 24.5 Å². The number of methoxy groups -OCH3 is 1. The summed E-state index contributed by atoms with van der Waals surface area (Å²) in [5, 5.41) is 0.910. The molecular weight excluding hydrogens is 198 g/mol. The van der Waals surface area contributed by atoms with E-state index >= 15 is 0 Å². The van der Waals surface area contributed by atoms with Crippen LogP contribution in [0.2, 0.25) is 0 Å². The lowest BCUT2D eigenvalue weighted by molar-refractivity contribution is 0.200. The topological polar surface area (TPSA) is 74.2 Å². The lowest BCUT2D eigenvalue weighted by Crippen LogP contribution is -1.98. The molecule has 0 amide bonds. The molecule has 0 aliphatic rings. The summed E-state index contributed by atoms with van der Waals surface area (Å²) in [6.45, 7) is 0.775. The van der Waals surface area contributed by atoms with E-state index in [1.165, 1.54) is 0 Å². The van der Waals surface area contributed by atoms with Crippen LogP contribution >= 0.6 is 11.8 Å². The third kappa shape index (κ3) is 3.43. The number of nitrogens with two attached hydrogens (primary N) is 2. The first kappa shape index (κ1) is 11.1. The van der Waals surface area contributed by atoms with Gasteiger partial charge in [0.15, 0.2) is 0 Å². The van der Waals surface area contributed by atoms with Gasteiger partial charge in [-0.05, 0) is 18.6 Å². The standard InChI is InChI=1S/C9H15N3OS/c1-13-5-2-6-14-8-4-3-7(10)9(11)12-8/h3-4H,2,5-6,10H2,1H3,(H2,11,12). The van der Waals surface area contributed by atoms with Crippen molar-refractivity contribution in [2.75, 3.05) is 30.9 Å². The summed E-state index contributed by atoms with van der Waals surface area (Å²) < 4.78 is 4.94. The molecule has 0 aromatic carbocycles. The van der Waals surface area contributed by atoms with Gasteiger partial charge in [0.25, 0.3) is 0 Å². The van der Waals surface area contributed by atoms with Crippen molar-refractivity contribution in [2.45, 2.75) is 11.4 Å². The number of pyridine rings is 1. The second-order valence-electron chi connectivity index (χ2n) is 2.82. The van der Waals surface area contributed by atoms with E-state index in [2.05, 4.69) is 4.98 Å². The van der Waals surface area contributed by atoms with E-state index in [1.807, 2.05) is 6.07 Å². The quantitative estimate of drug-likeness (QED) is 0.571. The summed E-state index contributed by atoms with van der Waals surface area (Å²) in [5.74, 6) is 1.38. The van der Waals surface area contributed by atoms with Gasteiger partial charge in [0, 0.05) is 19.5 Å². The van der Waals surface area contributed by atoms with Gasteiger partial charge in [0.1, 0.15) is 5.82 Å². The monoisotopic (exact) mass is 213 g/mol. The zero-order valence-corrected chi connectivity index (χ0v) is 9.01. The van der Waals surface area contributed by atoms with Crippen LogP contribution in [0.3, 0.4) is 0 Å². The van der Waals surface area contributed by atoms with Crippen LogP contribution < -0.4 is 11.5 Å². The Morgan fingerprint density at radius 1 is 1.43 bits per heavy atom. The smallest absolute Gasteiger partial charge is 0.147 e. The predicted molar refractivity (Wildman–Crippen MR) is 60.3 cm³/mol. The van der Waals surface area contributed by atoms with Crippen molar-refractivity contribution >= 4 is 23.3 Å². The largest absolute Gasteiger partial charge is 0.396 e. The zero-order chi connectivity index (χ0) is 10.4. The Morgan fingerprint density at radius 2 is 2.21 bits per heavy atom. The van der Waals surface area contributed by atoms with E-state index in [0.717, 1.165) is 23.8 Å². The van der Waals surface area contributed by atoms with Crippen LogP contribution in [0.25, 0.3) is 0 Å². The summed E-state index contributed by atoms with van der Waals surface area (Å²) in [6, 6.07) is 3.66. The highest BCUT2D eigenvalue weighted by molar-refractivity contribution is 7.99. The maximum Gasteiger partial charge on any atom is 0.147 e. The first-order valence-electron chi connectivity index (χ1n) is 4.37. The SMILES string of the molecule is COCCCSc1ccc(N)c(N)n1. The van der Waals surface area contributed by atoms with Crippen molar-refractivity contribution in [3.05, 3.63) is 12.1 Å². The number of ether oxygens (including phenoxy) is 1. The molecule has 4 nitrogen and oxygen atoms in total. The molecule has 0 fully saturated rings. The Labute approximate surface area is 88.0 Å². The molecule has 0 spiro atoms. The summed E-state index contributed by atoms with van der Waals surface area (Å²) >= 11 is 1.66. The van der Waals surface area contributed by atoms with E-state index in [0.29, 0.717) is 11.5 Å². The average molecular weight is 213 g/mol. The van der Waals surface area contributed by atoms with Crippen molar-refractivity contribution in [1.82, 2.24) is 4.98 Å². The van der Waals surface area contributed by atoms with Crippen LogP contribution in [0.5, 0.6) is 0 Å². The van der Waals surface area contributed by atoms with Gasteiger partial charge in [-0.2, -0.15) is 0 Å². The van der Waals surface area contributed by atoms with E-state index < -0.39 is 0 Å². The Kier molecular flexibility index (Phi) is 4.55. The molecule has 0 atom stereocenters. The minimum Gasteiger partial charge on any atom is -0.396 e. The number of thioether (sulfide) groups is 1. The summed E-state index contributed by atoms with van der Waals surface area (Å²) in [5.41, 5.74) is 11.7. The molecule has 0 aliphatic carbocycles. The van der Waals surface area contributed by atoms with Crippen LogP contribution in [0.15, 0.2) is 17.2 Å². The lowest BCUT2D eigenvalue weighted by Gasteiger charge is -2.03. The van der Waals surface area contributed by atoms with Crippen molar-refractivity contribution in [1.29, 1.82) is 0 Å². The molecule has 1 rings (SSSR count). The van der Waals surface area contributed by atoms with Crippen molar-refractivity contribution in [3.8, 4) is 0 Å². The molecule has 0 saturated heterocycles. The molecule has 78 valence electrons. The minimum atomic E-state index is 0.404. The molecule has 0 radical (unpaired) electrons. The highest BCUT2D eigenvalue weighted by atomic mass is 32.2. The van der Waals surface area contributed by atoms with Gasteiger partial charge in [-0.1, -0.05) is 0 Å². The van der Waals surface area contributed by atoms with Gasteiger partial charge in [-0.3, -0.25) is 0 Å². The van der Waals surface area contributed by atoms with E-state index in [1.54, 1.807) is 24.9 Å². The molecule has 14 heavy (non-hydrogen) atoms. The second kappa shape index (κ2) is 5.72. The molecule has 0 saturated carbocycles. The average Bonchev–Trinajstić information content (AvgIpc) is 2.18. The van der Waals surface area contributed by atoms with Crippen LogP contribution in [0, 0.1) is 0 Å². The number of hydrogen-bond donors (Lipinski definition) is 2. The van der Waals surface area contributed by atoms with Gasteiger partial charge < -0.3 is 16.2 Å². The molecule has 0 unspecified atom stereocenters. The minimum absolute atomic E-state index is 0.404. The number of anilines is 2. The first-order chi connectivity index (χ1) is 6.74. The Bertz CT molecular complexity index is 293. The third-order valence-electron chi connectivity index (χ3n) is 1.67. The molecule has 0 bridgehead atoms. The summed E-state index contributed by atoms with van der Waals surface area (Å²) in [4.78, 5) is 4.15. The third-order valence-corrected chi connectivity index (χ3v) is 2.69. The fourth-order valence-corrected chi connectivity index (χ4v) is 1.73. The normalized spacial score (nSPS) is 10.4. The number of hydrogen-bond acceptors (Lipinski definition) is 5. The van der Waals surface area contributed by atoms with Gasteiger partial charge in [0.2, 0.25) is 0 Å². The number of nitrogen functional groups attached to an aromatic ring is 2. The molecule has 4 N–H and O–H groups in total. The fourth-order valence-electron chi connectivity index (χ4n) is 0.927. The molecule has 1 heterocycles. The van der Waals surface area contributed by atoms with Crippen molar-refractivity contribution < 1.29 is 4.74 Å². The Balaban J connectivity index is 2.39. The molecule has 1 aromatic rings. The summed E-state index contributed by atoms with van der Waals surface area (Å²) in [6.07, 6.45) is 1.01. The van der Waals surface area contributed by atoms with E-state index in [4.69, 9.17) is 16.2 Å². The Hall–Kier alpha value is -0.940. The maximum atomic E-state index is 5.58. The van der Waals surface area contributed by atoms with Crippen LogP contribution in [0.1, 0.15) is 6.42 Å². The van der Waals surface area contributed by atoms with Crippen LogP contribution in [0.4, 0.5) is 11.5 Å². The molecule has 0 aliphatic heterocycles. The van der Waals surface area contributed by atoms with Crippen molar-refractivity contribution in [2.24, 2.45) is 0 Å². The Morgan fingerprint density at radius 3 is 2.86 bits per heavy atom. The highest BCUT2D eigenvalue weighted by Gasteiger charge is 1.99. The number of aromatic nitrogens is 1. The van der Waals surface area contributed by atoms with Gasteiger partial charge >= 0.3 is 0 Å². The lowest BCUT2D eigenvalue weighted by atomic mass is 10.4. The van der Waals surface area contributed by atoms with Gasteiger partial charge in [-0.25, -0.2) is 4.98 Å². The number of nitrogens with zero attached hydrogens (tertiary/aromatic N) is 1. The van der Waals surface area contributed by atoms with Crippen LogP contribution in [-0.2, 0) is 4.74 Å². The van der Waals surface area contributed by atoms with Crippen molar-refractivity contribution in [3.63, 3.8) is 0 Å². The molecule has 5 heteroatoms. The van der Waals surface area contributed by atoms with E-state index in [-0.39, 0.29) is 0 Å². The predicted octanol–water partition coefficient (Wildman–Crippen LogP) is 1.37. The number of rotatable bonds is 5. The highest BCUT2D eigenvalue weighted by Crippen LogP contribution is 2.20. The second-order valence-corrected chi connectivity index (χ2v) is 3.93. The molecule has 1 aromatic heterocycles. The first-order valence-corrected chi connectivity index (χ1v) is 5.36. The molecular formula is C9H15N3OS. The van der Waals surface area contributed by atoms with Gasteiger partial charge in [0.05, 0.1) is 10.7 Å². The summed E-state index contributed by atoms with van der Waals surface area (Å²) in [7, 11) is 1.70. The maximum absolute atomic E-state index is 5.58. The van der Waals surface area contributed by atoms with E-state index in [9.17, 15) is 0 Å². The zero-order valence-electron chi connectivity index (χ0n) is 8.19.